The monoisotopic (exact) mass is 203 g/mol. The molecular formula is C10H21NOS. The van der Waals surface area contributed by atoms with E-state index in [0.717, 1.165) is 25.5 Å². The summed E-state index contributed by atoms with van der Waals surface area (Å²) in [7, 11) is 0. The van der Waals surface area contributed by atoms with Crippen molar-refractivity contribution in [2.75, 3.05) is 32.1 Å². The van der Waals surface area contributed by atoms with E-state index in [1.165, 1.54) is 19.4 Å². The first-order valence-electron chi connectivity index (χ1n) is 5.10. The second kappa shape index (κ2) is 5.23. The Morgan fingerprint density at radius 3 is 2.77 bits per heavy atom. The molecule has 0 aromatic carbocycles. The van der Waals surface area contributed by atoms with Gasteiger partial charge in [-0.15, -0.1) is 0 Å². The molecule has 1 rings (SSSR count). The summed E-state index contributed by atoms with van der Waals surface area (Å²) in [6.07, 6.45) is 2.48. The molecule has 0 aromatic rings. The summed E-state index contributed by atoms with van der Waals surface area (Å²) in [6.45, 7) is 8.55. The van der Waals surface area contributed by atoms with Gasteiger partial charge < -0.3 is 4.74 Å². The van der Waals surface area contributed by atoms with Gasteiger partial charge in [-0.2, -0.15) is 12.6 Å². The molecule has 1 fully saturated rings. The van der Waals surface area contributed by atoms with Crippen molar-refractivity contribution in [3.63, 3.8) is 0 Å². The highest BCUT2D eigenvalue weighted by Gasteiger charge is 2.29. The molecule has 1 heterocycles. The number of rotatable bonds is 4. The van der Waals surface area contributed by atoms with Crippen molar-refractivity contribution in [1.29, 1.82) is 0 Å². The summed E-state index contributed by atoms with van der Waals surface area (Å²) in [5.41, 5.74) is 0.231. The van der Waals surface area contributed by atoms with Gasteiger partial charge in [0, 0.05) is 12.1 Å². The van der Waals surface area contributed by atoms with E-state index in [1.54, 1.807) is 0 Å². The molecule has 13 heavy (non-hydrogen) atoms. The van der Waals surface area contributed by atoms with E-state index in [4.69, 9.17) is 4.74 Å². The average Bonchev–Trinajstić information content (AvgIpc) is 2.08. The molecule has 78 valence electrons. The summed E-state index contributed by atoms with van der Waals surface area (Å²) in [5.74, 6) is 1.00. The van der Waals surface area contributed by atoms with Crippen LogP contribution in [0.5, 0.6) is 0 Å². The van der Waals surface area contributed by atoms with Crippen LogP contribution in [0, 0.1) is 0 Å². The zero-order chi connectivity index (χ0) is 9.73. The lowest BCUT2D eigenvalue weighted by molar-refractivity contribution is -0.0511. The van der Waals surface area contributed by atoms with Gasteiger partial charge in [0.1, 0.15) is 0 Å². The van der Waals surface area contributed by atoms with Crippen LogP contribution in [0.25, 0.3) is 0 Å². The second-order valence-corrected chi connectivity index (χ2v) is 4.73. The molecule has 0 saturated carbocycles. The van der Waals surface area contributed by atoms with E-state index in [0.29, 0.717) is 0 Å². The number of hydrogen-bond donors (Lipinski definition) is 1. The SMILES string of the molecule is CC1(C)COCCN1CCCCS. The van der Waals surface area contributed by atoms with E-state index >= 15 is 0 Å². The second-order valence-electron chi connectivity index (χ2n) is 4.28. The lowest BCUT2D eigenvalue weighted by atomic mass is 10.0. The lowest BCUT2D eigenvalue weighted by Gasteiger charge is -2.42. The van der Waals surface area contributed by atoms with Gasteiger partial charge in [-0.3, -0.25) is 4.90 Å². The van der Waals surface area contributed by atoms with Gasteiger partial charge >= 0.3 is 0 Å². The van der Waals surface area contributed by atoms with Gasteiger partial charge in [0.05, 0.1) is 13.2 Å². The highest BCUT2D eigenvalue weighted by molar-refractivity contribution is 7.80. The molecule has 1 aliphatic rings. The normalized spacial score (nSPS) is 23.3. The first-order valence-corrected chi connectivity index (χ1v) is 5.74. The highest BCUT2D eigenvalue weighted by Crippen LogP contribution is 2.19. The number of ether oxygens (including phenoxy) is 1. The maximum absolute atomic E-state index is 5.46. The number of hydrogen-bond acceptors (Lipinski definition) is 3. The van der Waals surface area contributed by atoms with Crippen molar-refractivity contribution in [1.82, 2.24) is 4.90 Å². The fourth-order valence-corrected chi connectivity index (χ4v) is 1.94. The van der Waals surface area contributed by atoms with Crippen molar-refractivity contribution in [2.24, 2.45) is 0 Å². The molecule has 0 N–H and O–H groups in total. The predicted octanol–water partition coefficient (Wildman–Crippen LogP) is 1.81. The van der Waals surface area contributed by atoms with Crippen LogP contribution in [-0.4, -0.2) is 42.5 Å². The smallest absolute Gasteiger partial charge is 0.0645 e. The molecule has 1 aliphatic heterocycles. The van der Waals surface area contributed by atoms with Gasteiger partial charge in [-0.1, -0.05) is 0 Å². The molecule has 0 spiro atoms. The maximum atomic E-state index is 5.46. The van der Waals surface area contributed by atoms with Crippen molar-refractivity contribution >= 4 is 12.6 Å². The fourth-order valence-electron chi connectivity index (χ4n) is 1.72. The summed E-state index contributed by atoms with van der Waals surface area (Å²) in [5, 5.41) is 0. The topological polar surface area (TPSA) is 12.5 Å². The maximum Gasteiger partial charge on any atom is 0.0645 e. The molecule has 0 aliphatic carbocycles. The fraction of sp³-hybridized carbons (Fsp3) is 1.00. The molecule has 0 radical (unpaired) electrons. The van der Waals surface area contributed by atoms with E-state index < -0.39 is 0 Å². The summed E-state index contributed by atoms with van der Waals surface area (Å²) in [6, 6.07) is 0. The number of morpholine rings is 1. The predicted molar refractivity (Wildman–Crippen MR) is 59.6 cm³/mol. The minimum Gasteiger partial charge on any atom is -0.378 e. The van der Waals surface area contributed by atoms with Gasteiger partial charge in [0.15, 0.2) is 0 Å². The standard InChI is InChI=1S/C10H21NOS/c1-10(2)9-12-7-6-11(10)5-3-4-8-13/h13H,3-9H2,1-2H3. The molecular weight excluding hydrogens is 182 g/mol. The Hall–Kier alpha value is 0.270. The van der Waals surface area contributed by atoms with Crippen molar-refractivity contribution in [3.05, 3.63) is 0 Å². The van der Waals surface area contributed by atoms with Gasteiger partial charge in [-0.25, -0.2) is 0 Å². The quantitative estimate of drug-likeness (QED) is 0.552. The van der Waals surface area contributed by atoms with E-state index in [-0.39, 0.29) is 5.54 Å². The summed E-state index contributed by atoms with van der Waals surface area (Å²) >= 11 is 4.22. The number of nitrogens with zero attached hydrogens (tertiary/aromatic N) is 1. The Morgan fingerprint density at radius 1 is 1.38 bits per heavy atom. The van der Waals surface area contributed by atoms with Crippen LogP contribution < -0.4 is 0 Å². The van der Waals surface area contributed by atoms with Crippen LogP contribution in [0.15, 0.2) is 0 Å². The van der Waals surface area contributed by atoms with Crippen LogP contribution in [0.3, 0.4) is 0 Å². The third kappa shape index (κ3) is 3.49. The molecule has 2 nitrogen and oxygen atoms in total. The van der Waals surface area contributed by atoms with E-state index in [2.05, 4.69) is 31.4 Å². The van der Waals surface area contributed by atoms with Crippen LogP contribution in [0.1, 0.15) is 26.7 Å². The molecule has 0 atom stereocenters. The third-order valence-corrected chi connectivity index (χ3v) is 2.97. The minimum absolute atomic E-state index is 0.231. The minimum atomic E-state index is 0.231. The van der Waals surface area contributed by atoms with E-state index in [9.17, 15) is 0 Å². The first kappa shape index (κ1) is 11.3. The molecule has 0 bridgehead atoms. The summed E-state index contributed by atoms with van der Waals surface area (Å²) in [4.78, 5) is 2.53. The van der Waals surface area contributed by atoms with Crippen LogP contribution >= 0.6 is 12.6 Å². The van der Waals surface area contributed by atoms with Crippen molar-refractivity contribution in [3.8, 4) is 0 Å². The Bertz CT molecular complexity index is 150. The first-order chi connectivity index (χ1) is 6.17. The number of unbranched alkanes of at least 4 members (excludes halogenated alkanes) is 1. The van der Waals surface area contributed by atoms with Gasteiger partial charge in [0.25, 0.3) is 0 Å². The summed E-state index contributed by atoms with van der Waals surface area (Å²) < 4.78 is 5.46. The van der Waals surface area contributed by atoms with Crippen LogP contribution in [-0.2, 0) is 4.74 Å². The molecule has 0 aromatic heterocycles. The largest absolute Gasteiger partial charge is 0.378 e. The Morgan fingerprint density at radius 2 is 2.15 bits per heavy atom. The van der Waals surface area contributed by atoms with Crippen molar-refractivity contribution < 1.29 is 4.74 Å². The van der Waals surface area contributed by atoms with Crippen molar-refractivity contribution in [2.45, 2.75) is 32.2 Å². The van der Waals surface area contributed by atoms with Crippen LogP contribution in [0.4, 0.5) is 0 Å². The molecule has 1 saturated heterocycles. The Labute approximate surface area is 87.0 Å². The average molecular weight is 203 g/mol. The zero-order valence-electron chi connectivity index (χ0n) is 8.75. The molecule has 3 heteroatoms. The lowest BCUT2D eigenvalue weighted by Crippen LogP contribution is -2.53. The molecule has 0 amide bonds. The third-order valence-electron chi connectivity index (χ3n) is 2.65. The van der Waals surface area contributed by atoms with Crippen LogP contribution in [0.2, 0.25) is 0 Å². The van der Waals surface area contributed by atoms with E-state index in [1.807, 2.05) is 0 Å². The van der Waals surface area contributed by atoms with Gasteiger partial charge in [-0.05, 0) is 39.0 Å². The number of thiol groups is 1. The molecule has 0 unspecified atom stereocenters. The Balaban J connectivity index is 2.29. The zero-order valence-corrected chi connectivity index (χ0v) is 9.65. The highest BCUT2D eigenvalue weighted by atomic mass is 32.1. The Kier molecular flexibility index (Phi) is 4.56. The van der Waals surface area contributed by atoms with Gasteiger partial charge in [0.2, 0.25) is 0 Å².